The molecule has 118 valence electrons. The third-order valence-electron chi connectivity index (χ3n) is 4.83. The monoisotopic (exact) mass is 309 g/mol. The summed E-state index contributed by atoms with van der Waals surface area (Å²) in [6, 6.07) is 19.9. The van der Waals surface area contributed by atoms with Crippen LogP contribution in [0.2, 0.25) is 0 Å². The lowest BCUT2D eigenvalue weighted by Crippen LogP contribution is -2.35. The molecule has 0 spiro atoms. The first-order chi connectivity index (χ1) is 11.3. The molecule has 2 saturated heterocycles. The first-order valence-corrected chi connectivity index (χ1v) is 7.95. The van der Waals surface area contributed by atoms with Crippen LogP contribution in [-0.2, 0) is 9.53 Å². The molecule has 4 heteroatoms. The Morgan fingerprint density at radius 2 is 1.52 bits per heavy atom. The lowest BCUT2D eigenvalue weighted by Gasteiger charge is -2.28. The lowest BCUT2D eigenvalue weighted by atomic mass is 9.97. The molecule has 2 aromatic rings. The molecule has 2 aliphatic rings. The summed E-state index contributed by atoms with van der Waals surface area (Å²) in [7, 11) is 0. The third kappa shape index (κ3) is 2.54. The van der Waals surface area contributed by atoms with Gasteiger partial charge in [0.2, 0.25) is 0 Å². The molecular formula is C19H19NO3. The summed E-state index contributed by atoms with van der Waals surface area (Å²) >= 11 is 0. The van der Waals surface area contributed by atoms with Crippen molar-refractivity contribution in [2.24, 2.45) is 5.92 Å². The summed E-state index contributed by atoms with van der Waals surface area (Å²) in [5.41, 5.74) is 2.26. The van der Waals surface area contributed by atoms with Crippen LogP contribution >= 0.6 is 0 Å². The topological polar surface area (TPSA) is 49.5 Å². The van der Waals surface area contributed by atoms with Crippen LogP contribution in [0.5, 0.6) is 0 Å². The van der Waals surface area contributed by atoms with Gasteiger partial charge in [-0.1, -0.05) is 60.7 Å². The van der Waals surface area contributed by atoms with Gasteiger partial charge in [-0.25, -0.2) is 0 Å². The summed E-state index contributed by atoms with van der Waals surface area (Å²) in [6.07, 6.45) is 0. The number of benzene rings is 2. The standard InChI is InChI=1S/C19H19NO3/c21-19(22)18-17(15-11-23-12-15)20(18)16(13-7-3-1-4-8-13)14-9-5-2-6-10-14/h1-10,15-18H,11-12H2,(H,21,22)/t17-,18-,20?/m1/s1. The fourth-order valence-corrected chi connectivity index (χ4v) is 3.63. The molecule has 0 bridgehead atoms. The number of aliphatic carboxylic acids is 1. The van der Waals surface area contributed by atoms with E-state index in [1.165, 1.54) is 0 Å². The van der Waals surface area contributed by atoms with Gasteiger partial charge in [0.15, 0.2) is 0 Å². The molecule has 2 aromatic carbocycles. The molecule has 3 atom stereocenters. The van der Waals surface area contributed by atoms with Gasteiger partial charge in [-0.3, -0.25) is 9.69 Å². The van der Waals surface area contributed by atoms with Crippen molar-refractivity contribution in [3.05, 3.63) is 71.8 Å². The number of nitrogens with zero attached hydrogens (tertiary/aromatic N) is 1. The van der Waals surface area contributed by atoms with Gasteiger partial charge in [-0.2, -0.15) is 0 Å². The Labute approximate surface area is 135 Å². The number of carboxylic acids is 1. The van der Waals surface area contributed by atoms with E-state index in [0.29, 0.717) is 19.1 Å². The first kappa shape index (κ1) is 14.4. The second-order valence-corrected chi connectivity index (χ2v) is 6.24. The molecule has 0 aromatic heterocycles. The second kappa shape index (κ2) is 5.80. The molecule has 1 N–H and O–H groups in total. The summed E-state index contributed by atoms with van der Waals surface area (Å²) < 4.78 is 5.28. The Kier molecular flexibility index (Phi) is 3.63. The maximum absolute atomic E-state index is 11.7. The van der Waals surface area contributed by atoms with Crippen LogP contribution in [0.3, 0.4) is 0 Å². The van der Waals surface area contributed by atoms with Crippen LogP contribution in [0.1, 0.15) is 17.2 Å². The van der Waals surface area contributed by atoms with E-state index < -0.39 is 12.0 Å². The minimum atomic E-state index is -0.737. The molecule has 1 unspecified atom stereocenters. The van der Waals surface area contributed by atoms with Crippen LogP contribution in [-0.4, -0.2) is 41.3 Å². The maximum atomic E-state index is 11.7. The zero-order valence-electron chi connectivity index (χ0n) is 12.7. The van der Waals surface area contributed by atoms with E-state index in [9.17, 15) is 9.90 Å². The summed E-state index contributed by atoms with van der Waals surface area (Å²) in [4.78, 5) is 13.8. The smallest absolute Gasteiger partial charge is 0.322 e. The van der Waals surface area contributed by atoms with E-state index in [1.807, 2.05) is 36.4 Å². The molecule has 2 fully saturated rings. The van der Waals surface area contributed by atoms with Crippen molar-refractivity contribution >= 4 is 5.97 Å². The Bertz CT molecular complexity index is 645. The van der Waals surface area contributed by atoms with E-state index in [4.69, 9.17) is 4.74 Å². The average molecular weight is 309 g/mol. The van der Waals surface area contributed by atoms with Crippen LogP contribution < -0.4 is 0 Å². The van der Waals surface area contributed by atoms with Crippen molar-refractivity contribution in [3.8, 4) is 0 Å². The molecular weight excluding hydrogens is 290 g/mol. The zero-order chi connectivity index (χ0) is 15.8. The maximum Gasteiger partial charge on any atom is 0.322 e. The number of ether oxygens (including phenoxy) is 1. The fraction of sp³-hybridized carbons (Fsp3) is 0.316. The van der Waals surface area contributed by atoms with Crippen molar-refractivity contribution < 1.29 is 14.6 Å². The molecule has 4 rings (SSSR count). The highest BCUT2D eigenvalue weighted by atomic mass is 16.5. The summed E-state index contributed by atoms with van der Waals surface area (Å²) in [6.45, 7) is 1.34. The zero-order valence-corrected chi connectivity index (χ0v) is 12.7. The lowest BCUT2D eigenvalue weighted by molar-refractivity contribution is -0.137. The third-order valence-corrected chi connectivity index (χ3v) is 4.83. The Hall–Kier alpha value is -2.17. The van der Waals surface area contributed by atoms with Crippen LogP contribution in [0.15, 0.2) is 60.7 Å². The van der Waals surface area contributed by atoms with Crippen molar-refractivity contribution in [3.63, 3.8) is 0 Å². The van der Waals surface area contributed by atoms with Crippen LogP contribution in [0.25, 0.3) is 0 Å². The average Bonchev–Trinajstić information content (AvgIpc) is 3.23. The van der Waals surface area contributed by atoms with Gasteiger partial charge in [-0.15, -0.1) is 0 Å². The highest BCUT2D eigenvalue weighted by molar-refractivity contribution is 5.78. The first-order valence-electron chi connectivity index (χ1n) is 7.95. The molecule has 2 heterocycles. The number of rotatable bonds is 5. The SMILES string of the molecule is O=C(O)[C@H]1[C@@H](C2COC2)N1C(c1ccccc1)c1ccccc1. The van der Waals surface area contributed by atoms with Crippen molar-refractivity contribution in [1.29, 1.82) is 0 Å². The molecule has 2 aliphatic heterocycles. The van der Waals surface area contributed by atoms with Crippen molar-refractivity contribution in [2.75, 3.05) is 13.2 Å². The van der Waals surface area contributed by atoms with Crippen LogP contribution in [0, 0.1) is 5.92 Å². The van der Waals surface area contributed by atoms with E-state index in [0.717, 1.165) is 11.1 Å². The summed E-state index contributed by atoms with van der Waals surface area (Å²) in [5.74, 6) is -0.412. The Morgan fingerprint density at radius 3 is 1.91 bits per heavy atom. The molecule has 23 heavy (non-hydrogen) atoms. The van der Waals surface area contributed by atoms with Crippen molar-refractivity contribution in [1.82, 2.24) is 4.90 Å². The number of hydrogen-bond donors (Lipinski definition) is 1. The van der Waals surface area contributed by atoms with Gasteiger partial charge >= 0.3 is 5.97 Å². The van der Waals surface area contributed by atoms with E-state index >= 15 is 0 Å². The van der Waals surface area contributed by atoms with Crippen LogP contribution in [0.4, 0.5) is 0 Å². The largest absolute Gasteiger partial charge is 0.480 e. The molecule has 0 amide bonds. The van der Waals surface area contributed by atoms with Gasteiger partial charge < -0.3 is 9.84 Å². The van der Waals surface area contributed by atoms with Crippen molar-refractivity contribution in [2.45, 2.75) is 18.1 Å². The summed E-state index contributed by atoms with van der Waals surface area (Å²) in [5, 5.41) is 9.62. The number of hydrogen-bond acceptors (Lipinski definition) is 3. The normalized spacial score (nSPS) is 26.7. The highest BCUT2D eigenvalue weighted by Crippen LogP contribution is 2.47. The predicted molar refractivity (Wildman–Crippen MR) is 86.1 cm³/mol. The molecule has 0 aliphatic carbocycles. The van der Waals surface area contributed by atoms with Gasteiger partial charge in [0.05, 0.1) is 19.3 Å². The van der Waals surface area contributed by atoms with Gasteiger partial charge in [0.25, 0.3) is 0 Å². The van der Waals surface area contributed by atoms with Gasteiger partial charge in [0.1, 0.15) is 6.04 Å². The van der Waals surface area contributed by atoms with E-state index in [-0.39, 0.29) is 12.1 Å². The highest BCUT2D eigenvalue weighted by Gasteiger charge is 2.60. The van der Waals surface area contributed by atoms with Gasteiger partial charge in [-0.05, 0) is 11.1 Å². The minimum Gasteiger partial charge on any atom is -0.480 e. The van der Waals surface area contributed by atoms with E-state index in [1.54, 1.807) is 0 Å². The quantitative estimate of drug-likeness (QED) is 0.863. The van der Waals surface area contributed by atoms with E-state index in [2.05, 4.69) is 29.2 Å². The number of carbonyl (C=O) groups is 1. The Morgan fingerprint density at radius 1 is 1.00 bits per heavy atom. The molecule has 0 saturated carbocycles. The molecule has 4 nitrogen and oxygen atoms in total. The fourth-order valence-electron chi connectivity index (χ4n) is 3.63. The predicted octanol–water partition coefficient (Wildman–Crippen LogP) is 2.56. The minimum absolute atomic E-state index is 0.0240. The Balaban J connectivity index is 1.72. The molecule has 0 radical (unpaired) electrons. The number of carboxylic acid groups (broad SMARTS) is 1. The second-order valence-electron chi connectivity index (χ2n) is 6.24. The van der Waals surface area contributed by atoms with Gasteiger partial charge in [0, 0.05) is 12.0 Å².